The van der Waals surface area contributed by atoms with Crippen molar-refractivity contribution < 1.29 is 5.11 Å². The van der Waals surface area contributed by atoms with Crippen LogP contribution in [0.15, 0.2) is 0 Å². The predicted molar refractivity (Wildman–Crippen MR) is 53.5 cm³/mol. The van der Waals surface area contributed by atoms with Gasteiger partial charge >= 0.3 is 0 Å². The maximum atomic E-state index is 9.69. The average molecular weight is 194 g/mol. The second-order valence-electron chi connectivity index (χ2n) is 4.27. The average Bonchev–Trinajstić information content (AvgIpc) is 1.86. The molecule has 0 amide bonds. The minimum Gasteiger partial charge on any atom is -0.390 e. The second kappa shape index (κ2) is 4.45. The van der Waals surface area contributed by atoms with Crippen LogP contribution in [0.4, 0.5) is 0 Å². The van der Waals surface area contributed by atoms with Crippen LogP contribution in [0, 0.1) is 5.92 Å². The zero-order valence-electron chi connectivity index (χ0n) is 7.92. The molecule has 0 heterocycles. The fourth-order valence-corrected chi connectivity index (χ4v) is 1.83. The van der Waals surface area contributed by atoms with Gasteiger partial charge in [0.25, 0.3) is 0 Å². The van der Waals surface area contributed by atoms with E-state index >= 15 is 0 Å². The van der Waals surface area contributed by atoms with Gasteiger partial charge in [-0.2, -0.15) is 0 Å². The van der Waals surface area contributed by atoms with Crippen LogP contribution < -0.4 is 5.73 Å². The van der Waals surface area contributed by atoms with Crippen molar-refractivity contribution in [2.75, 3.05) is 0 Å². The lowest BCUT2D eigenvalue weighted by Crippen LogP contribution is -2.37. The van der Waals surface area contributed by atoms with Crippen molar-refractivity contribution in [3.05, 3.63) is 0 Å². The van der Waals surface area contributed by atoms with Crippen LogP contribution in [0.2, 0.25) is 0 Å². The van der Waals surface area contributed by atoms with Gasteiger partial charge in [-0.25, -0.2) is 0 Å². The Kier molecular flexibility index (Phi) is 4.53. The molecule has 1 aliphatic carbocycles. The van der Waals surface area contributed by atoms with Crippen molar-refractivity contribution in [1.82, 2.24) is 0 Å². The van der Waals surface area contributed by atoms with Crippen LogP contribution in [0.25, 0.3) is 0 Å². The lowest BCUT2D eigenvalue weighted by Gasteiger charge is -2.34. The number of hydrogen-bond donors (Lipinski definition) is 2. The lowest BCUT2D eigenvalue weighted by molar-refractivity contribution is -0.00116. The summed E-state index contributed by atoms with van der Waals surface area (Å²) in [5, 5.41) is 9.69. The highest BCUT2D eigenvalue weighted by atomic mass is 35.5. The highest BCUT2D eigenvalue weighted by molar-refractivity contribution is 5.85. The van der Waals surface area contributed by atoms with Crippen molar-refractivity contribution in [2.24, 2.45) is 11.7 Å². The first-order valence-electron chi connectivity index (χ1n) is 4.48. The first-order valence-corrected chi connectivity index (χ1v) is 4.48. The predicted octanol–water partition coefficient (Wildman–Crippen LogP) is 1.70. The Balaban J connectivity index is 0.00000121. The highest BCUT2D eigenvalue weighted by Crippen LogP contribution is 2.31. The first kappa shape index (κ1) is 12.2. The molecular weight excluding hydrogens is 174 g/mol. The molecule has 0 radical (unpaired) electrons. The molecule has 12 heavy (non-hydrogen) atoms. The number of halogens is 1. The van der Waals surface area contributed by atoms with E-state index < -0.39 is 5.60 Å². The van der Waals surface area contributed by atoms with E-state index in [1.54, 1.807) is 0 Å². The van der Waals surface area contributed by atoms with Crippen LogP contribution in [-0.2, 0) is 0 Å². The smallest absolute Gasteiger partial charge is 0.0619 e. The Hall–Kier alpha value is 0.210. The van der Waals surface area contributed by atoms with Gasteiger partial charge < -0.3 is 10.8 Å². The SMILES string of the molecule is CC(C)(O)C1CCC(N)CC1.Cl. The summed E-state index contributed by atoms with van der Waals surface area (Å²) < 4.78 is 0. The third-order valence-corrected chi connectivity index (χ3v) is 2.77. The highest BCUT2D eigenvalue weighted by Gasteiger charge is 2.29. The molecule has 1 rings (SSSR count). The summed E-state index contributed by atoms with van der Waals surface area (Å²) in [5.41, 5.74) is 5.26. The van der Waals surface area contributed by atoms with Gasteiger partial charge in [0.2, 0.25) is 0 Å². The normalized spacial score (nSPS) is 31.0. The molecule has 0 aliphatic heterocycles. The van der Waals surface area contributed by atoms with Crippen LogP contribution in [0.5, 0.6) is 0 Å². The van der Waals surface area contributed by atoms with Gasteiger partial charge in [0.15, 0.2) is 0 Å². The topological polar surface area (TPSA) is 46.2 Å². The Bertz CT molecular complexity index is 125. The van der Waals surface area contributed by atoms with Gasteiger partial charge in [0.1, 0.15) is 0 Å². The summed E-state index contributed by atoms with van der Waals surface area (Å²) in [7, 11) is 0. The minimum absolute atomic E-state index is 0. The number of rotatable bonds is 1. The van der Waals surface area contributed by atoms with Gasteiger partial charge in [0.05, 0.1) is 5.60 Å². The molecule has 2 nitrogen and oxygen atoms in total. The standard InChI is InChI=1S/C9H19NO.ClH/c1-9(2,11)7-3-5-8(10)6-4-7;/h7-8,11H,3-6,10H2,1-2H3;1H. The van der Waals surface area contributed by atoms with Crippen molar-refractivity contribution in [1.29, 1.82) is 0 Å². The van der Waals surface area contributed by atoms with E-state index in [1.165, 1.54) is 0 Å². The van der Waals surface area contributed by atoms with E-state index in [0.29, 0.717) is 12.0 Å². The van der Waals surface area contributed by atoms with Gasteiger partial charge in [-0.15, -0.1) is 12.4 Å². The number of hydrogen-bond acceptors (Lipinski definition) is 2. The summed E-state index contributed by atoms with van der Waals surface area (Å²) in [6.45, 7) is 3.79. The molecule has 0 aromatic rings. The number of aliphatic hydroxyl groups is 1. The van der Waals surface area contributed by atoms with Crippen LogP contribution >= 0.6 is 12.4 Å². The summed E-state index contributed by atoms with van der Waals surface area (Å²) >= 11 is 0. The molecule has 1 aliphatic rings. The van der Waals surface area contributed by atoms with E-state index in [4.69, 9.17) is 5.73 Å². The maximum absolute atomic E-state index is 9.69. The van der Waals surface area contributed by atoms with Gasteiger partial charge in [-0.05, 0) is 45.4 Å². The Morgan fingerprint density at radius 1 is 1.17 bits per heavy atom. The van der Waals surface area contributed by atoms with E-state index in [2.05, 4.69) is 0 Å². The molecule has 3 heteroatoms. The van der Waals surface area contributed by atoms with Gasteiger partial charge in [0, 0.05) is 6.04 Å². The molecule has 1 fully saturated rings. The first-order chi connectivity index (χ1) is 5.00. The Labute approximate surface area is 80.9 Å². The second-order valence-corrected chi connectivity index (χ2v) is 4.27. The Morgan fingerprint density at radius 3 is 1.92 bits per heavy atom. The zero-order valence-corrected chi connectivity index (χ0v) is 8.73. The molecule has 74 valence electrons. The fourth-order valence-electron chi connectivity index (χ4n) is 1.83. The van der Waals surface area contributed by atoms with Crippen molar-refractivity contribution in [3.8, 4) is 0 Å². The summed E-state index contributed by atoms with van der Waals surface area (Å²) in [4.78, 5) is 0. The zero-order chi connectivity index (χ0) is 8.48. The van der Waals surface area contributed by atoms with Crippen LogP contribution in [0.1, 0.15) is 39.5 Å². The van der Waals surface area contributed by atoms with Crippen LogP contribution in [0.3, 0.4) is 0 Å². The fraction of sp³-hybridized carbons (Fsp3) is 1.00. The molecule has 1 saturated carbocycles. The molecule has 0 unspecified atom stereocenters. The van der Waals surface area contributed by atoms with Gasteiger partial charge in [-0.1, -0.05) is 0 Å². The minimum atomic E-state index is -0.500. The third-order valence-electron chi connectivity index (χ3n) is 2.77. The summed E-state index contributed by atoms with van der Waals surface area (Å²) in [5.74, 6) is 0.460. The summed E-state index contributed by atoms with van der Waals surface area (Å²) in [6, 6.07) is 0.383. The maximum Gasteiger partial charge on any atom is 0.0619 e. The molecule has 0 spiro atoms. The molecule has 0 aromatic carbocycles. The van der Waals surface area contributed by atoms with Crippen molar-refractivity contribution in [3.63, 3.8) is 0 Å². The van der Waals surface area contributed by atoms with Crippen LogP contribution in [-0.4, -0.2) is 16.7 Å². The monoisotopic (exact) mass is 193 g/mol. The van der Waals surface area contributed by atoms with E-state index in [0.717, 1.165) is 25.7 Å². The van der Waals surface area contributed by atoms with E-state index in [1.807, 2.05) is 13.8 Å². The molecule has 3 N–H and O–H groups in total. The quantitative estimate of drug-likeness (QED) is 0.666. The number of nitrogens with two attached hydrogens (primary N) is 1. The largest absolute Gasteiger partial charge is 0.390 e. The van der Waals surface area contributed by atoms with Crippen molar-refractivity contribution >= 4 is 12.4 Å². The molecule has 0 atom stereocenters. The van der Waals surface area contributed by atoms with Crippen molar-refractivity contribution in [2.45, 2.75) is 51.2 Å². The Morgan fingerprint density at radius 2 is 1.58 bits per heavy atom. The third kappa shape index (κ3) is 3.30. The van der Waals surface area contributed by atoms with E-state index in [9.17, 15) is 5.11 Å². The molecular formula is C9H20ClNO. The molecule has 0 saturated heterocycles. The summed E-state index contributed by atoms with van der Waals surface area (Å²) in [6.07, 6.45) is 4.33. The lowest BCUT2D eigenvalue weighted by atomic mass is 9.77. The molecule has 0 aromatic heterocycles. The van der Waals surface area contributed by atoms with Gasteiger partial charge in [-0.3, -0.25) is 0 Å². The van der Waals surface area contributed by atoms with E-state index in [-0.39, 0.29) is 12.4 Å². The molecule has 0 bridgehead atoms.